The van der Waals surface area contributed by atoms with Crippen molar-refractivity contribution in [1.29, 1.82) is 0 Å². The number of aromatic nitrogens is 3. The zero-order valence-corrected chi connectivity index (χ0v) is 19.6. The van der Waals surface area contributed by atoms with Crippen LogP contribution in [0.5, 0.6) is 5.75 Å². The monoisotopic (exact) mass is 496 g/mol. The van der Waals surface area contributed by atoms with Gasteiger partial charge in [0.1, 0.15) is 12.4 Å². The number of amides is 1. The van der Waals surface area contributed by atoms with Crippen molar-refractivity contribution in [3.8, 4) is 5.75 Å². The average Bonchev–Trinajstić information content (AvgIpc) is 3.51. The maximum absolute atomic E-state index is 12.7. The van der Waals surface area contributed by atoms with Gasteiger partial charge >= 0.3 is 0 Å². The molecule has 1 unspecified atom stereocenters. The van der Waals surface area contributed by atoms with Gasteiger partial charge in [0.25, 0.3) is 0 Å². The molecule has 3 aromatic rings. The molecule has 1 amide bonds. The number of thioether (sulfide) groups is 1. The fraction of sp³-hybridized carbons (Fsp3) is 0.286. The Morgan fingerprint density at radius 2 is 1.81 bits per heavy atom. The molecule has 1 heterocycles. The van der Waals surface area contributed by atoms with Crippen molar-refractivity contribution in [2.45, 2.75) is 42.8 Å². The minimum absolute atomic E-state index is 0.223. The second-order valence-electron chi connectivity index (χ2n) is 7.07. The maximum Gasteiger partial charge on any atom is 0.237 e. The third-order valence-electron chi connectivity index (χ3n) is 4.70. The van der Waals surface area contributed by atoms with E-state index in [0.29, 0.717) is 43.5 Å². The molecule has 0 aliphatic heterocycles. The molecule has 0 radical (unpaired) electrons. The van der Waals surface area contributed by atoms with Gasteiger partial charge in [-0.25, -0.2) is 0 Å². The van der Waals surface area contributed by atoms with E-state index in [0.717, 1.165) is 12.8 Å². The molecule has 1 aliphatic rings. The third kappa shape index (κ3) is 5.29. The summed E-state index contributed by atoms with van der Waals surface area (Å²) in [6, 6.07) is 12.7. The molecule has 1 aliphatic carbocycles. The number of nitrogens with zero attached hydrogens (tertiary/aromatic N) is 3. The minimum atomic E-state index is -0.439. The van der Waals surface area contributed by atoms with E-state index in [2.05, 4.69) is 15.5 Å². The summed E-state index contributed by atoms with van der Waals surface area (Å²) in [6.07, 6.45) is 2.08. The topological polar surface area (TPSA) is 69.0 Å². The van der Waals surface area contributed by atoms with Crippen LogP contribution in [-0.4, -0.2) is 25.9 Å². The number of halogens is 3. The Morgan fingerprint density at radius 3 is 2.48 bits per heavy atom. The van der Waals surface area contributed by atoms with Crippen LogP contribution in [0, 0.1) is 0 Å². The number of hydrogen-bond donors (Lipinski definition) is 1. The molecular weight excluding hydrogens is 479 g/mol. The van der Waals surface area contributed by atoms with Crippen molar-refractivity contribution in [1.82, 2.24) is 14.8 Å². The summed E-state index contributed by atoms with van der Waals surface area (Å²) in [4.78, 5) is 12.7. The lowest BCUT2D eigenvalue weighted by Gasteiger charge is -2.15. The fourth-order valence-electron chi connectivity index (χ4n) is 2.94. The zero-order chi connectivity index (χ0) is 22.0. The SMILES string of the molecule is CC(Sc1nnc(COc2ccccc2Cl)n1C1CC1)C(=O)Nc1c(Cl)cccc1Cl. The number of rotatable bonds is 8. The van der Waals surface area contributed by atoms with Crippen molar-refractivity contribution >= 4 is 58.2 Å². The maximum atomic E-state index is 12.7. The molecule has 1 fully saturated rings. The molecule has 1 N–H and O–H groups in total. The molecule has 4 rings (SSSR count). The van der Waals surface area contributed by atoms with Gasteiger partial charge in [-0.3, -0.25) is 9.36 Å². The summed E-state index contributed by atoms with van der Waals surface area (Å²) in [5, 5.41) is 13.0. The van der Waals surface area contributed by atoms with E-state index in [9.17, 15) is 4.79 Å². The Kier molecular flexibility index (Phi) is 6.96. The molecule has 1 atom stereocenters. The average molecular weight is 498 g/mol. The first-order valence-corrected chi connectivity index (χ1v) is 11.7. The molecule has 162 valence electrons. The highest BCUT2D eigenvalue weighted by molar-refractivity contribution is 8.00. The Balaban J connectivity index is 1.46. The first-order valence-electron chi connectivity index (χ1n) is 9.66. The van der Waals surface area contributed by atoms with Crippen molar-refractivity contribution in [3.05, 3.63) is 63.4 Å². The quantitative estimate of drug-likeness (QED) is 0.371. The van der Waals surface area contributed by atoms with E-state index >= 15 is 0 Å². The number of benzene rings is 2. The Labute approximate surface area is 199 Å². The molecule has 31 heavy (non-hydrogen) atoms. The van der Waals surface area contributed by atoms with Crippen LogP contribution in [0.1, 0.15) is 31.6 Å². The largest absolute Gasteiger partial charge is 0.484 e. The summed E-state index contributed by atoms with van der Waals surface area (Å²) < 4.78 is 7.89. The molecule has 0 saturated heterocycles. The van der Waals surface area contributed by atoms with Crippen LogP contribution < -0.4 is 10.1 Å². The highest BCUT2D eigenvalue weighted by Gasteiger charge is 2.31. The fourth-order valence-corrected chi connectivity index (χ4v) is 4.56. The highest BCUT2D eigenvalue weighted by atomic mass is 35.5. The van der Waals surface area contributed by atoms with Crippen molar-refractivity contribution in [2.24, 2.45) is 0 Å². The van der Waals surface area contributed by atoms with Crippen LogP contribution in [0.3, 0.4) is 0 Å². The van der Waals surface area contributed by atoms with Gasteiger partial charge in [0.15, 0.2) is 11.0 Å². The summed E-state index contributed by atoms with van der Waals surface area (Å²) in [7, 11) is 0. The van der Waals surface area contributed by atoms with Crippen molar-refractivity contribution < 1.29 is 9.53 Å². The third-order valence-corrected chi connectivity index (χ3v) is 6.70. The van der Waals surface area contributed by atoms with E-state index in [1.165, 1.54) is 11.8 Å². The predicted octanol–water partition coefficient (Wildman–Crippen LogP) is 6.27. The van der Waals surface area contributed by atoms with Crippen LogP contribution in [0.15, 0.2) is 47.6 Å². The Bertz CT molecular complexity index is 1080. The minimum Gasteiger partial charge on any atom is -0.484 e. The first-order chi connectivity index (χ1) is 14.9. The Hall–Kier alpha value is -1.93. The van der Waals surface area contributed by atoms with Crippen LogP contribution in [0.25, 0.3) is 0 Å². The van der Waals surface area contributed by atoms with Crippen molar-refractivity contribution in [2.75, 3.05) is 5.32 Å². The lowest BCUT2D eigenvalue weighted by atomic mass is 10.3. The van der Waals surface area contributed by atoms with Gasteiger partial charge in [-0.15, -0.1) is 10.2 Å². The first kappa shape index (κ1) is 22.3. The van der Waals surface area contributed by atoms with E-state index in [4.69, 9.17) is 39.5 Å². The number of carbonyl (C=O) groups is 1. The predicted molar refractivity (Wildman–Crippen MR) is 124 cm³/mol. The van der Waals surface area contributed by atoms with Gasteiger partial charge in [0.05, 0.1) is 26.0 Å². The zero-order valence-electron chi connectivity index (χ0n) is 16.5. The molecule has 0 bridgehead atoms. The highest BCUT2D eigenvalue weighted by Crippen LogP contribution is 2.40. The lowest BCUT2D eigenvalue weighted by molar-refractivity contribution is -0.115. The molecular formula is C21H19Cl3N4O2S. The molecule has 10 heteroatoms. The van der Waals surface area contributed by atoms with E-state index in [1.54, 1.807) is 31.2 Å². The molecule has 2 aromatic carbocycles. The van der Waals surface area contributed by atoms with Gasteiger partial charge < -0.3 is 10.1 Å². The molecule has 1 saturated carbocycles. The van der Waals surface area contributed by atoms with Gasteiger partial charge in [0.2, 0.25) is 5.91 Å². The van der Waals surface area contributed by atoms with E-state index < -0.39 is 5.25 Å². The second-order valence-corrected chi connectivity index (χ2v) is 9.59. The number of nitrogens with one attached hydrogen (secondary N) is 1. The lowest BCUT2D eigenvalue weighted by Crippen LogP contribution is -2.23. The summed E-state index contributed by atoms with van der Waals surface area (Å²) in [5.74, 6) is 1.07. The number of para-hydroxylation sites is 2. The number of hydrogen-bond acceptors (Lipinski definition) is 5. The molecule has 0 spiro atoms. The van der Waals surface area contributed by atoms with Crippen LogP contribution in [-0.2, 0) is 11.4 Å². The number of carbonyl (C=O) groups excluding carboxylic acids is 1. The smallest absolute Gasteiger partial charge is 0.237 e. The normalized spacial score (nSPS) is 14.3. The van der Waals surface area contributed by atoms with E-state index in [-0.39, 0.29) is 12.5 Å². The molecule has 6 nitrogen and oxygen atoms in total. The second kappa shape index (κ2) is 9.69. The van der Waals surface area contributed by atoms with E-state index in [1.807, 2.05) is 22.8 Å². The summed E-state index contributed by atoms with van der Waals surface area (Å²) >= 11 is 19.8. The van der Waals surface area contributed by atoms with Gasteiger partial charge in [-0.05, 0) is 44.0 Å². The van der Waals surface area contributed by atoms with Crippen molar-refractivity contribution in [3.63, 3.8) is 0 Å². The van der Waals surface area contributed by atoms with Gasteiger partial charge in [-0.2, -0.15) is 0 Å². The summed E-state index contributed by atoms with van der Waals surface area (Å²) in [6.45, 7) is 2.04. The molecule has 1 aromatic heterocycles. The van der Waals surface area contributed by atoms with Gasteiger partial charge in [-0.1, -0.05) is 64.8 Å². The standard InChI is InChI=1S/C21H19Cl3N4O2S/c1-12(20(29)25-19-15(23)6-4-7-16(19)24)31-21-27-26-18(28(21)13-9-10-13)11-30-17-8-3-2-5-14(17)22/h2-8,12-13H,9-11H2,1H3,(H,25,29). The summed E-state index contributed by atoms with van der Waals surface area (Å²) in [5.41, 5.74) is 0.403. The van der Waals surface area contributed by atoms with Gasteiger partial charge in [0, 0.05) is 6.04 Å². The number of anilines is 1. The number of ether oxygens (including phenoxy) is 1. The van der Waals surface area contributed by atoms with Crippen LogP contribution in [0.2, 0.25) is 15.1 Å². The van der Waals surface area contributed by atoms with Crippen LogP contribution >= 0.6 is 46.6 Å². The van der Waals surface area contributed by atoms with Crippen LogP contribution in [0.4, 0.5) is 5.69 Å². The Morgan fingerprint density at radius 1 is 1.13 bits per heavy atom.